The van der Waals surface area contributed by atoms with Crippen molar-refractivity contribution in [2.75, 3.05) is 19.0 Å². The van der Waals surface area contributed by atoms with E-state index in [0.717, 1.165) is 5.56 Å². The predicted molar refractivity (Wildman–Crippen MR) is 158 cm³/mol. The number of carbonyl (C=O) groups excluding carboxylic acids is 3. The molecule has 0 bridgehead atoms. The maximum Gasteiger partial charge on any atom is 0.408 e. The number of phenols is 1. The Morgan fingerprint density at radius 3 is 2.20 bits per heavy atom. The Morgan fingerprint density at radius 1 is 0.976 bits per heavy atom. The van der Waals surface area contributed by atoms with Crippen LogP contribution in [0.25, 0.3) is 0 Å². The van der Waals surface area contributed by atoms with Gasteiger partial charge in [0.1, 0.15) is 29.2 Å². The van der Waals surface area contributed by atoms with Crippen molar-refractivity contribution in [3.05, 3.63) is 103 Å². The molecule has 0 heterocycles. The molecule has 3 aromatic carbocycles. The zero-order valence-electron chi connectivity index (χ0n) is 23.8. The maximum absolute atomic E-state index is 14.2. The molecule has 3 amide bonds. The van der Waals surface area contributed by atoms with E-state index in [4.69, 9.17) is 9.47 Å². The Kier molecular flexibility index (Phi) is 10.5. The van der Waals surface area contributed by atoms with Crippen LogP contribution in [0, 0.1) is 0 Å². The number of hydrogen-bond donors (Lipinski definition) is 3. The topological polar surface area (TPSA) is 117 Å². The number of nitrogens with one attached hydrogen (secondary N) is 2. The minimum Gasteiger partial charge on any atom is -0.508 e. The number of rotatable bonds is 11. The molecule has 3 rings (SSSR count). The SMILES string of the molecule is C=CCN(C(=O)C(Cc1ccccc1)NC(=O)OC(C)(C)C)C(C(=O)Nc1ccc(OC)cc1)c1ccccc1O. The molecule has 3 aromatic rings. The molecule has 0 radical (unpaired) electrons. The third-order valence-corrected chi connectivity index (χ3v) is 6.03. The van der Waals surface area contributed by atoms with Gasteiger partial charge in [-0.25, -0.2) is 4.79 Å². The standard InChI is InChI=1S/C32H37N3O6/c1-6-20-35(30(38)26(21-22-12-8-7-9-13-22)34-31(39)41-32(2,3)4)28(25-14-10-11-15-27(25)36)29(37)33-23-16-18-24(40-5)19-17-23/h6-19,26,28,36H,1,20-21H2,2-5H3,(H,33,37)(H,34,39). The number of para-hydroxylation sites is 1. The van der Waals surface area contributed by atoms with Gasteiger partial charge in [-0.3, -0.25) is 9.59 Å². The van der Waals surface area contributed by atoms with Gasteiger partial charge in [0.05, 0.1) is 7.11 Å². The molecule has 41 heavy (non-hydrogen) atoms. The lowest BCUT2D eigenvalue weighted by molar-refractivity contribution is -0.140. The lowest BCUT2D eigenvalue weighted by Crippen LogP contribution is -2.53. The van der Waals surface area contributed by atoms with E-state index < -0.39 is 35.6 Å². The van der Waals surface area contributed by atoms with Gasteiger partial charge in [-0.15, -0.1) is 6.58 Å². The highest BCUT2D eigenvalue weighted by atomic mass is 16.6. The highest BCUT2D eigenvalue weighted by Gasteiger charge is 2.37. The average Bonchev–Trinajstić information content (AvgIpc) is 2.93. The lowest BCUT2D eigenvalue weighted by atomic mass is 9.99. The number of phenolic OH excluding ortho intramolecular Hbond substituents is 1. The van der Waals surface area contributed by atoms with E-state index >= 15 is 0 Å². The summed E-state index contributed by atoms with van der Waals surface area (Å²) in [7, 11) is 1.54. The normalized spacial score (nSPS) is 12.4. The first-order valence-corrected chi connectivity index (χ1v) is 13.2. The van der Waals surface area contributed by atoms with E-state index in [-0.39, 0.29) is 24.3 Å². The second-order valence-electron chi connectivity index (χ2n) is 10.3. The first-order chi connectivity index (χ1) is 19.5. The quantitative estimate of drug-likeness (QED) is 0.277. The number of methoxy groups -OCH3 is 1. The number of anilines is 1. The number of nitrogens with zero attached hydrogens (tertiary/aromatic N) is 1. The van der Waals surface area contributed by atoms with Crippen LogP contribution < -0.4 is 15.4 Å². The molecule has 216 valence electrons. The zero-order chi connectivity index (χ0) is 30.0. The van der Waals surface area contributed by atoms with Crippen LogP contribution in [-0.2, 0) is 20.7 Å². The van der Waals surface area contributed by atoms with Gasteiger partial charge in [0.15, 0.2) is 0 Å². The molecule has 2 unspecified atom stereocenters. The number of aromatic hydroxyl groups is 1. The van der Waals surface area contributed by atoms with Crippen molar-refractivity contribution in [1.29, 1.82) is 0 Å². The van der Waals surface area contributed by atoms with Crippen molar-refractivity contribution in [3.8, 4) is 11.5 Å². The average molecular weight is 560 g/mol. The Bertz CT molecular complexity index is 1340. The van der Waals surface area contributed by atoms with Crippen LogP contribution >= 0.6 is 0 Å². The summed E-state index contributed by atoms with van der Waals surface area (Å²) >= 11 is 0. The number of carbonyl (C=O) groups is 3. The highest BCUT2D eigenvalue weighted by Crippen LogP contribution is 2.31. The fourth-order valence-electron chi connectivity index (χ4n) is 4.22. The Hall–Kier alpha value is -4.79. The third-order valence-electron chi connectivity index (χ3n) is 6.03. The molecule has 0 aliphatic carbocycles. The minimum atomic E-state index is -1.26. The lowest BCUT2D eigenvalue weighted by Gasteiger charge is -2.34. The fourth-order valence-corrected chi connectivity index (χ4v) is 4.22. The maximum atomic E-state index is 14.2. The van der Waals surface area contributed by atoms with Gasteiger partial charge < -0.3 is 30.1 Å². The summed E-state index contributed by atoms with van der Waals surface area (Å²) in [4.78, 5) is 42.2. The minimum absolute atomic E-state index is 0.0465. The molecule has 0 aliphatic rings. The van der Waals surface area contributed by atoms with Crippen LogP contribution in [0.4, 0.5) is 10.5 Å². The Balaban J connectivity index is 2.03. The van der Waals surface area contributed by atoms with Gasteiger partial charge >= 0.3 is 6.09 Å². The van der Waals surface area contributed by atoms with Crippen molar-refractivity contribution in [2.45, 2.75) is 44.9 Å². The largest absolute Gasteiger partial charge is 0.508 e. The van der Waals surface area contributed by atoms with Crippen molar-refractivity contribution < 1.29 is 29.0 Å². The molecule has 2 atom stereocenters. The van der Waals surface area contributed by atoms with Crippen LogP contribution in [0.2, 0.25) is 0 Å². The molecule has 9 heteroatoms. The molecular formula is C32H37N3O6. The van der Waals surface area contributed by atoms with Crippen molar-refractivity contribution >= 4 is 23.6 Å². The monoisotopic (exact) mass is 559 g/mol. The van der Waals surface area contributed by atoms with Crippen LogP contribution in [-0.4, -0.2) is 53.2 Å². The summed E-state index contributed by atoms with van der Waals surface area (Å²) in [6.07, 6.45) is 0.853. The van der Waals surface area contributed by atoms with Crippen molar-refractivity contribution in [1.82, 2.24) is 10.2 Å². The summed E-state index contributed by atoms with van der Waals surface area (Å²) in [5.74, 6) is -0.676. The number of amides is 3. The van der Waals surface area contributed by atoms with Gasteiger partial charge in [-0.05, 0) is 56.7 Å². The molecule has 0 saturated heterocycles. The first-order valence-electron chi connectivity index (χ1n) is 13.2. The molecule has 0 saturated carbocycles. The van der Waals surface area contributed by atoms with E-state index in [2.05, 4.69) is 17.2 Å². The summed E-state index contributed by atoms with van der Waals surface area (Å²) in [5.41, 5.74) is 0.684. The summed E-state index contributed by atoms with van der Waals surface area (Å²) in [6.45, 7) is 8.91. The molecule has 0 spiro atoms. The van der Waals surface area contributed by atoms with Gasteiger partial charge in [0.2, 0.25) is 5.91 Å². The molecular weight excluding hydrogens is 522 g/mol. The predicted octanol–water partition coefficient (Wildman–Crippen LogP) is 5.23. The van der Waals surface area contributed by atoms with Gasteiger partial charge in [0.25, 0.3) is 5.91 Å². The first kappa shape index (κ1) is 30.7. The van der Waals surface area contributed by atoms with Crippen molar-refractivity contribution in [3.63, 3.8) is 0 Å². The number of ether oxygens (including phenoxy) is 2. The van der Waals surface area contributed by atoms with Crippen molar-refractivity contribution in [2.24, 2.45) is 0 Å². The van der Waals surface area contributed by atoms with Gasteiger partial charge in [-0.2, -0.15) is 0 Å². The third kappa shape index (κ3) is 8.86. The van der Waals surface area contributed by atoms with Gasteiger partial charge in [-0.1, -0.05) is 54.6 Å². The second kappa shape index (κ2) is 14.0. The summed E-state index contributed by atoms with van der Waals surface area (Å²) in [5, 5.41) is 16.3. The molecule has 0 fully saturated rings. The van der Waals surface area contributed by atoms with E-state index in [1.807, 2.05) is 30.3 Å². The highest BCUT2D eigenvalue weighted by molar-refractivity contribution is 5.99. The Labute approximate surface area is 240 Å². The zero-order valence-corrected chi connectivity index (χ0v) is 23.8. The second-order valence-corrected chi connectivity index (χ2v) is 10.3. The van der Waals surface area contributed by atoms with E-state index in [0.29, 0.717) is 11.4 Å². The number of hydrogen-bond acceptors (Lipinski definition) is 6. The van der Waals surface area contributed by atoms with Crippen LogP contribution in [0.5, 0.6) is 11.5 Å². The smallest absolute Gasteiger partial charge is 0.408 e. The van der Waals surface area contributed by atoms with E-state index in [9.17, 15) is 19.5 Å². The Morgan fingerprint density at radius 2 is 1.61 bits per heavy atom. The van der Waals surface area contributed by atoms with Crippen LogP contribution in [0.15, 0.2) is 91.5 Å². The van der Waals surface area contributed by atoms with Crippen LogP contribution in [0.3, 0.4) is 0 Å². The molecule has 3 N–H and O–H groups in total. The van der Waals surface area contributed by atoms with Gasteiger partial charge in [0, 0.05) is 24.2 Å². The summed E-state index contributed by atoms with van der Waals surface area (Å²) < 4.78 is 10.6. The van der Waals surface area contributed by atoms with Crippen LogP contribution in [0.1, 0.15) is 37.9 Å². The molecule has 0 aliphatic heterocycles. The molecule has 0 aromatic heterocycles. The summed E-state index contributed by atoms with van der Waals surface area (Å²) in [6, 6.07) is 19.9. The van der Waals surface area contributed by atoms with E-state index in [1.165, 1.54) is 24.2 Å². The number of alkyl carbamates (subject to hydrolysis) is 1. The van der Waals surface area contributed by atoms with E-state index in [1.54, 1.807) is 63.2 Å². The number of benzene rings is 3. The fraction of sp³-hybridized carbons (Fsp3) is 0.281. The molecule has 9 nitrogen and oxygen atoms in total.